The minimum Gasteiger partial charge on any atom is -0.324 e. The lowest BCUT2D eigenvalue weighted by atomic mass is 10.1. The van der Waals surface area contributed by atoms with E-state index in [4.69, 9.17) is 0 Å². The molecule has 1 aliphatic rings. The molecule has 1 aromatic heterocycles. The second-order valence-corrected chi connectivity index (χ2v) is 7.06. The van der Waals surface area contributed by atoms with E-state index in [1.165, 1.54) is 16.7 Å². The maximum absolute atomic E-state index is 12.8. The van der Waals surface area contributed by atoms with Crippen LogP contribution >= 0.6 is 11.8 Å². The predicted octanol–water partition coefficient (Wildman–Crippen LogP) is 1.96. The minimum absolute atomic E-state index is 0.111. The molecule has 136 valence electrons. The van der Waals surface area contributed by atoms with Crippen molar-refractivity contribution in [2.45, 2.75) is 32.2 Å². The van der Waals surface area contributed by atoms with E-state index in [9.17, 15) is 14.4 Å². The summed E-state index contributed by atoms with van der Waals surface area (Å²) in [5.74, 6) is -0.162. The molecular weight excluding hydrogens is 352 g/mol. The molecule has 1 aliphatic heterocycles. The number of fused-ring (bicyclic) bond motifs is 1. The van der Waals surface area contributed by atoms with Crippen LogP contribution in [-0.4, -0.2) is 33.9 Å². The maximum atomic E-state index is 12.8. The van der Waals surface area contributed by atoms with Crippen LogP contribution in [0.1, 0.15) is 18.1 Å². The highest BCUT2D eigenvalue weighted by Gasteiger charge is 2.28. The first kappa shape index (κ1) is 18.2. The molecule has 0 spiro atoms. The Hall–Kier alpha value is -2.61. The van der Waals surface area contributed by atoms with Gasteiger partial charge in [-0.05, 0) is 38.0 Å². The van der Waals surface area contributed by atoms with E-state index in [0.717, 1.165) is 15.8 Å². The third kappa shape index (κ3) is 3.37. The normalized spacial score (nSPS) is 13.5. The summed E-state index contributed by atoms with van der Waals surface area (Å²) < 4.78 is 1.10. The number of nitrogens with one attached hydrogen (secondary N) is 1. The zero-order chi connectivity index (χ0) is 18.8. The van der Waals surface area contributed by atoms with Gasteiger partial charge in [-0.2, -0.15) is 5.10 Å². The largest absolute Gasteiger partial charge is 0.324 e. The number of aromatic nitrogens is 2. The highest BCUT2D eigenvalue weighted by atomic mass is 32.2. The minimum atomic E-state index is -0.430. The molecule has 0 aliphatic carbocycles. The molecule has 3 rings (SSSR count). The summed E-state index contributed by atoms with van der Waals surface area (Å²) in [7, 11) is 0. The molecule has 0 bridgehead atoms. The molecule has 0 fully saturated rings. The van der Waals surface area contributed by atoms with Crippen molar-refractivity contribution in [3.63, 3.8) is 0 Å². The van der Waals surface area contributed by atoms with Gasteiger partial charge in [-0.15, -0.1) is 11.8 Å². The third-order valence-electron chi connectivity index (χ3n) is 4.40. The van der Waals surface area contributed by atoms with Gasteiger partial charge < -0.3 is 10.2 Å². The molecule has 7 nitrogen and oxygen atoms in total. The molecule has 0 radical (unpaired) electrons. The fourth-order valence-corrected chi connectivity index (χ4v) is 3.71. The number of thioether (sulfide) groups is 1. The van der Waals surface area contributed by atoms with Gasteiger partial charge in [-0.3, -0.25) is 14.4 Å². The van der Waals surface area contributed by atoms with Crippen LogP contribution in [-0.2, 0) is 16.1 Å². The fraction of sp³-hybridized carbons (Fsp3) is 0.333. The van der Waals surface area contributed by atoms with Crippen LogP contribution in [0.5, 0.6) is 0 Å². The van der Waals surface area contributed by atoms with E-state index in [0.29, 0.717) is 28.6 Å². The van der Waals surface area contributed by atoms with Crippen molar-refractivity contribution in [2.75, 3.05) is 22.5 Å². The van der Waals surface area contributed by atoms with Crippen LogP contribution in [0.25, 0.3) is 0 Å². The molecule has 1 aromatic carbocycles. The van der Waals surface area contributed by atoms with Gasteiger partial charge >= 0.3 is 0 Å². The average molecular weight is 372 g/mol. The Balaban J connectivity index is 1.86. The molecule has 8 heteroatoms. The molecule has 1 N–H and O–H groups in total. The van der Waals surface area contributed by atoms with Gasteiger partial charge in [0.1, 0.15) is 12.2 Å². The Morgan fingerprint density at radius 1 is 1.31 bits per heavy atom. The zero-order valence-electron chi connectivity index (χ0n) is 14.9. The molecule has 0 atom stereocenters. The highest BCUT2D eigenvalue weighted by molar-refractivity contribution is 8.00. The maximum Gasteiger partial charge on any atom is 0.292 e. The number of hydrogen-bond donors (Lipinski definition) is 1. The van der Waals surface area contributed by atoms with E-state index in [2.05, 4.69) is 10.4 Å². The van der Waals surface area contributed by atoms with Crippen LogP contribution in [0.15, 0.2) is 34.1 Å². The van der Waals surface area contributed by atoms with Crippen LogP contribution in [0.2, 0.25) is 0 Å². The smallest absolute Gasteiger partial charge is 0.292 e. The van der Waals surface area contributed by atoms with Crippen LogP contribution in [0.4, 0.5) is 11.4 Å². The monoisotopic (exact) mass is 372 g/mol. The number of carbonyl (C=O) groups is 2. The Bertz CT molecular complexity index is 939. The number of rotatable bonds is 4. The Morgan fingerprint density at radius 3 is 2.81 bits per heavy atom. The number of amides is 2. The van der Waals surface area contributed by atoms with Crippen molar-refractivity contribution in [1.82, 2.24) is 9.78 Å². The van der Waals surface area contributed by atoms with Crippen molar-refractivity contribution in [2.24, 2.45) is 0 Å². The second kappa shape index (κ2) is 7.33. The number of benzene rings is 1. The van der Waals surface area contributed by atoms with Crippen molar-refractivity contribution in [1.29, 1.82) is 0 Å². The van der Waals surface area contributed by atoms with Gasteiger partial charge in [-0.1, -0.05) is 12.1 Å². The quantitative estimate of drug-likeness (QED) is 0.887. The molecule has 0 saturated heterocycles. The summed E-state index contributed by atoms with van der Waals surface area (Å²) in [4.78, 5) is 39.3. The summed E-state index contributed by atoms with van der Waals surface area (Å²) in [5.41, 5.74) is 2.64. The van der Waals surface area contributed by atoms with Crippen molar-refractivity contribution in [3.8, 4) is 0 Å². The second-order valence-electron chi connectivity index (χ2n) is 6.04. The van der Waals surface area contributed by atoms with Crippen molar-refractivity contribution >= 4 is 35.0 Å². The van der Waals surface area contributed by atoms with E-state index < -0.39 is 5.56 Å². The Morgan fingerprint density at radius 2 is 2.08 bits per heavy atom. The summed E-state index contributed by atoms with van der Waals surface area (Å²) in [6.07, 6.45) is 1.54. The summed E-state index contributed by atoms with van der Waals surface area (Å²) in [6.45, 7) is 5.90. The summed E-state index contributed by atoms with van der Waals surface area (Å²) >= 11 is 1.30. The number of anilines is 2. The molecule has 2 heterocycles. The van der Waals surface area contributed by atoms with E-state index in [1.807, 2.05) is 39.0 Å². The lowest BCUT2D eigenvalue weighted by molar-refractivity contribution is -0.117. The van der Waals surface area contributed by atoms with Crippen molar-refractivity contribution in [3.05, 3.63) is 45.9 Å². The van der Waals surface area contributed by atoms with Gasteiger partial charge in [-0.25, -0.2) is 4.68 Å². The van der Waals surface area contributed by atoms with Crippen LogP contribution in [0.3, 0.4) is 0 Å². The van der Waals surface area contributed by atoms with Crippen LogP contribution in [0, 0.1) is 13.8 Å². The molecule has 0 unspecified atom stereocenters. The zero-order valence-corrected chi connectivity index (χ0v) is 15.7. The molecule has 0 saturated carbocycles. The average Bonchev–Trinajstić information content (AvgIpc) is 2.61. The van der Waals surface area contributed by atoms with Gasteiger partial charge in [0.2, 0.25) is 11.8 Å². The van der Waals surface area contributed by atoms with Gasteiger partial charge in [0.25, 0.3) is 5.56 Å². The van der Waals surface area contributed by atoms with Gasteiger partial charge in [0, 0.05) is 12.2 Å². The summed E-state index contributed by atoms with van der Waals surface area (Å²) in [6, 6.07) is 5.65. The fourth-order valence-electron chi connectivity index (χ4n) is 2.82. The van der Waals surface area contributed by atoms with E-state index in [-0.39, 0.29) is 18.4 Å². The third-order valence-corrected chi connectivity index (χ3v) is 5.40. The number of nitrogens with zero attached hydrogens (tertiary/aromatic N) is 3. The topological polar surface area (TPSA) is 84.3 Å². The summed E-state index contributed by atoms with van der Waals surface area (Å²) in [5, 5.41) is 6.91. The van der Waals surface area contributed by atoms with Crippen molar-refractivity contribution < 1.29 is 9.59 Å². The SMILES string of the molecule is CCN1C(=O)CSc2cnn(CC(=O)Nc3cccc(C)c3C)c(=O)c21. The first-order chi connectivity index (χ1) is 12.4. The van der Waals surface area contributed by atoms with E-state index in [1.54, 1.807) is 6.20 Å². The number of carbonyl (C=O) groups excluding carboxylic acids is 2. The Kier molecular flexibility index (Phi) is 5.13. The van der Waals surface area contributed by atoms with Gasteiger partial charge in [0.05, 0.1) is 16.8 Å². The number of hydrogen-bond acceptors (Lipinski definition) is 5. The highest BCUT2D eigenvalue weighted by Crippen LogP contribution is 2.31. The molecule has 2 aromatic rings. The lowest BCUT2D eigenvalue weighted by Crippen LogP contribution is -2.42. The number of aryl methyl sites for hydroxylation is 1. The molecular formula is C18H20N4O3S. The lowest BCUT2D eigenvalue weighted by Gasteiger charge is -2.27. The molecule has 2 amide bonds. The molecule has 26 heavy (non-hydrogen) atoms. The first-order valence-electron chi connectivity index (χ1n) is 8.31. The van der Waals surface area contributed by atoms with Crippen LogP contribution < -0.4 is 15.8 Å². The first-order valence-corrected chi connectivity index (χ1v) is 9.30. The van der Waals surface area contributed by atoms with Gasteiger partial charge in [0.15, 0.2) is 0 Å². The standard InChI is InChI=1S/C18H20N4O3S/c1-4-21-16(24)10-26-14-8-19-22(18(25)17(14)21)9-15(23)20-13-7-5-6-11(2)12(13)3/h5-8H,4,9-10H2,1-3H3,(H,20,23). The Labute approximate surface area is 155 Å². The van der Waals surface area contributed by atoms with E-state index >= 15 is 0 Å². The predicted molar refractivity (Wildman–Crippen MR) is 102 cm³/mol.